The molecule has 1 aliphatic carbocycles. The van der Waals surface area contributed by atoms with Crippen molar-refractivity contribution in [2.24, 2.45) is 13.0 Å². The van der Waals surface area contributed by atoms with E-state index >= 15 is 0 Å². The first-order valence-electron chi connectivity index (χ1n) is 6.81. The Morgan fingerprint density at radius 3 is 3.12 bits per heavy atom. The van der Waals surface area contributed by atoms with Crippen LogP contribution in [0.2, 0.25) is 0 Å². The predicted molar refractivity (Wildman–Crippen MR) is 69.0 cm³/mol. The topological polar surface area (TPSA) is 41.9 Å². The third kappa shape index (κ3) is 2.32. The molecule has 0 spiro atoms. The summed E-state index contributed by atoms with van der Waals surface area (Å²) in [6, 6.07) is 3.46. The number of nitrogens with one attached hydrogen (secondary N) is 2. The van der Waals surface area contributed by atoms with Crippen LogP contribution in [-0.2, 0) is 7.05 Å². The smallest absolute Gasteiger partial charge is 0.123 e. The van der Waals surface area contributed by atoms with Gasteiger partial charge in [-0.3, -0.25) is 4.68 Å². The first-order valence-corrected chi connectivity index (χ1v) is 6.81. The lowest BCUT2D eigenvalue weighted by molar-refractivity contribution is 0.325. The molecule has 1 aromatic rings. The van der Waals surface area contributed by atoms with Crippen molar-refractivity contribution in [3.8, 4) is 0 Å². The van der Waals surface area contributed by atoms with Crippen molar-refractivity contribution in [2.75, 3.05) is 11.9 Å². The molecule has 0 aromatic carbocycles. The van der Waals surface area contributed by atoms with Crippen LogP contribution in [0.1, 0.15) is 32.1 Å². The van der Waals surface area contributed by atoms with E-state index in [4.69, 9.17) is 0 Å². The highest BCUT2D eigenvalue weighted by Gasteiger charge is 2.34. The van der Waals surface area contributed by atoms with Crippen molar-refractivity contribution >= 4 is 5.82 Å². The van der Waals surface area contributed by atoms with Gasteiger partial charge in [0, 0.05) is 31.7 Å². The maximum atomic E-state index is 4.17. The number of anilines is 1. The summed E-state index contributed by atoms with van der Waals surface area (Å²) < 4.78 is 1.89. The summed E-state index contributed by atoms with van der Waals surface area (Å²) in [5.41, 5.74) is 0. The first-order chi connectivity index (χ1) is 8.33. The van der Waals surface area contributed by atoms with Gasteiger partial charge in [0.1, 0.15) is 5.82 Å². The molecule has 1 aliphatic heterocycles. The first kappa shape index (κ1) is 11.1. The minimum Gasteiger partial charge on any atom is -0.369 e. The minimum atomic E-state index is 0.637. The van der Waals surface area contributed by atoms with Crippen LogP contribution >= 0.6 is 0 Å². The van der Waals surface area contributed by atoms with Gasteiger partial charge in [-0.05, 0) is 25.2 Å². The number of rotatable bonds is 3. The van der Waals surface area contributed by atoms with Crippen molar-refractivity contribution in [3.05, 3.63) is 12.3 Å². The van der Waals surface area contributed by atoms with Crippen molar-refractivity contribution in [2.45, 2.75) is 44.2 Å². The zero-order valence-corrected chi connectivity index (χ0v) is 10.5. The second kappa shape index (κ2) is 4.69. The largest absolute Gasteiger partial charge is 0.369 e. The molecule has 2 N–H and O–H groups in total. The molecular weight excluding hydrogens is 212 g/mol. The fraction of sp³-hybridized carbons (Fsp3) is 0.769. The maximum Gasteiger partial charge on any atom is 0.123 e. The molecule has 17 heavy (non-hydrogen) atoms. The number of nitrogens with zero attached hydrogens (tertiary/aromatic N) is 2. The predicted octanol–water partition coefficient (Wildman–Crippen LogP) is 1.75. The van der Waals surface area contributed by atoms with E-state index < -0.39 is 0 Å². The summed E-state index contributed by atoms with van der Waals surface area (Å²) in [5.74, 6) is 2.05. The molecule has 0 radical (unpaired) electrons. The number of hydrogen-bond acceptors (Lipinski definition) is 3. The molecule has 4 heteroatoms. The average Bonchev–Trinajstić information content (AvgIpc) is 2.92. The van der Waals surface area contributed by atoms with Crippen LogP contribution in [0.3, 0.4) is 0 Å². The molecule has 2 fully saturated rings. The monoisotopic (exact) mass is 234 g/mol. The van der Waals surface area contributed by atoms with Gasteiger partial charge in [0.25, 0.3) is 0 Å². The summed E-state index contributed by atoms with van der Waals surface area (Å²) >= 11 is 0. The van der Waals surface area contributed by atoms with Gasteiger partial charge >= 0.3 is 0 Å². The second-order valence-electron chi connectivity index (χ2n) is 5.47. The Kier molecular flexibility index (Phi) is 3.05. The zero-order valence-electron chi connectivity index (χ0n) is 10.5. The Bertz CT molecular complexity index is 359. The van der Waals surface area contributed by atoms with Crippen LogP contribution in [0.5, 0.6) is 0 Å². The fourth-order valence-electron chi connectivity index (χ4n) is 3.36. The Labute approximate surface area is 103 Å². The van der Waals surface area contributed by atoms with E-state index in [1.54, 1.807) is 0 Å². The molecular formula is C13H22N4. The van der Waals surface area contributed by atoms with Gasteiger partial charge < -0.3 is 10.6 Å². The van der Waals surface area contributed by atoms with Crippen LogP contribution in [0.15, 0.2) is 12.3 Å². The second-order valence-corrected chi connectivity index (χ2v) is 5.47. The van der Waals surface area contributed by atoms with Crippen molar-refractivity contribution in [3.63, 3.8) is 0 Å². The van der Waals surface area contributed by atoms with E-state index in [2.05, 4.69) is 15.7 Å². The third-order valence-electron chi connectivity index (χ3n) is 4.30. The van der Waals surface area contributed by atoms with Gasteiger partial charge in [0.2, 0.25) is 0 Å². The summed E-state index contributed by atoms with van der Waals surface area (Å²) in [7, 11) is 1.98. The highest BCUT2D eigenvalue weighted by atomic mass is 15.3. The van der Waals surface area contributed by atoms with Crippen LogP contribution in [0.25, 0.3) is 0 Å². The van der Waals surface area contributed by atoms with E-state index in [1.165, 1.54) is 32.1 Å². The van der Waals surface area contributed by atoms with E-state index in [9.17, 15) is 0 Å². The molecule has 1 saturated heterocycles. The van der Waals surface area contributed by atoms with Gasteiger partial charge in [-0.2, -0.15) is 5.10 Å². The normalized spacial score (nSPS) is 32.4. The number of fused-ring (bicyclic) bond motifs is 1. The molecule has 2 heterocycles. The molecule has 3 unspecified atom stereocenters. The van der Waals surface area contributed by atoms with Crippen LogP contribution in [0.4, 0.5) is 5.82 Å². The number of aryl methyl sites for hydroxylation is 1. The molecule has 1 aromatic heterocycles. The van der Waals surface area contributed by atoms with Gasteiger partial charge in [-0.15, -0.1) is 0 Å². The SMILES string of the molecule is Cn1nccc1NCC1CC2CCCCC2N1. The molecule has 4 nitrogen and oxygen atoms in total. The van der Waals surface area contributed by atoms with E-state index in [-0.39, 0.29) is 0 Å². The maximum absolute atomic E-state index is 4.17. The molecule has 2 aliphatic rings. The highest BCUT2D eigenvalue weighted by Crippen LogP contribution is 2.33. The van der Waals surface area contributed by atoms with Gasteiger partial charge in [-0.1, -0.05) is 12.8 Å². The molecule has 1 saturated carbocycles. The Morgan fingerprint density at radius 2 is 2.35 bits per heavy atom. The van der Waals surface area contributed by atoms with Crippen molar-refractivity contribution in [1.29, 1.82) is 0 Å². The quantitative estimate of drug-likeness (QED) is 0.837. The molecule has 3 atom stereocenters. The molecule has 0 amide bonds. The number of aromatic nitrogens is 2. The van der Waals surface area contributed by atoms with Crippen LogP contribution in [-0.4, -0.2) is 28.4 Å². The van der Waals surface area contributed by atoms with Crippen molar-refractivity contribution < 1.29 is 0 Å². The average molecular weight is 234 g/mol. The van der Waals surface area contributed by atoms with Crippen LogP contribution < -0.4 is 10.6 Å². The lowest BCUT2D eigenvalue weighted by atomic mass is 9.85. The van der Waals surface area contributed by atoms with E-state index in [1.807, 2.05) is 24.0 Å². The summed E-state index contributed by atoms with van der Waals surface area (Å²) in [5, 5.41) is 11.4. The third-order valence-corrected chi connectivity index (χ3v) is 4.30. The Morgan fingerprint density at radius 1 is 1.47 bits per heavy atom. The van der Waals surface area contributed by atoms with Crippen molar-refractivity contribution in [1.82, 2.24) is 15.1 Å². The molecule has 0 bridgehead atoms. The van der Waals surface area contributed by atoms with Gasteiger partial charge in [0.15, 0.2) is 0 Å². The number of hydrogen-bond donors (Lipinski definition) is 2. The highest BCUT2D eigenvalue weighted by molar-refractivity contribution is 5.33. The molecule has 3 rings (SSSR count). The van der Waals surface area contributed by atoms with E-state index in [0.717, 1.165) is 24.3 Å². The minimum absolute atomic E-state index is 0.637. The Hall–Kier alpha value is -1.03. The lowest BCUT2D eigenvalue weighted by Gasteiger charge is -2.24. The zero-order chi connectivity index (χ0) is 11.7. The van der Waals surface area contributed by atoms with Crippen LogP contribution in [0, 0.1) is 5.92 Å². The standard InChI is InChI=1S/C13H22N4/c1-17-13(6-7-15-17)14-9-11-8-10-4-2-3-5-12(10)16-11/h6-7,10-12,14,16H,2-5,8-9H2,1H3. The van der Waals surface area contributed by atoms with E-state index in [0.29, 0.717) is 6.04 Å². The van der Waals surface area contributed by atoms with Gasteiger partial charge in [-0.25, -0.2) is 0 Å². The summed E-state index contributed by atoms with van der Waals surface area (Å²) in [6.07, 6.45) is 8.84. The summed E-state index contributed by atoms with van der Waals surface area (Å²) in [6.45, 7) is 1.02. The lowest BCUT2D eigenvalue weighted by Crippen LogP contribution is -2.36. The molecule has 94 valence electrons. The fourth-order valence-corrected chi connectivity index (χ4v) is 3.36. The van der Waals surface area contributed by atoms with Gasteiger partial charge in [0.05, 0.1) is 6.20 Å². The summed E-state index contributed by atoms with van der Waals surface area (Å²) in [4.78, 5) is 0. The Balaban J connectivity index is 1.52.